The Morgan fingerprint density at radius 2 is 1.75 bits per heavy atom. The second-order valence-corrected chi connectivity index (χ2v) is 5.64. The number of carbonyl (C=O) groups excluding carboxylic acids is 2. The topological polar surface area (TPSA) is 66.8 Å². The molecule has 2 rings (SSSR count). The van der Waals surface area contributed by atoms with Gasteiger partial charge in [-0.25, -0.2) is 0 Å². The standard InChI is InChI=1S/C18H23NO5/c1-11-13(7-8-14(17(20)23-4)18(21)24-5)15-10-12(22-3)6-9-16(15)19(11)2/h6,9-10,14H,7-8H2,1-5H3. The van der Waals surface area contributed by atoms with Crippen molar-refractivity contribution in [3.8, 4) is 5.75 Å². The molecule has 24 heavy (non-hydrogen) atoms. The SMILES string of the molecule is COC(=O)C(CCc1c(C)n(C)c2ccc(OC)cc12)C(=O)OC. The summed E-state index contributed by atoms with van der Waals surface area (Å²) >= 11 is 0. The van der Waals surface area contributed by atoms with E-state index in [2.05, 4.69) is 4.57 Å². The minimum Gasteiger partial charge on any atom is -0.497 e. The first-order valence-corrected chi connectivity index (χ1v) is 7.72. The first-order valence-electron chi connectivity index (χ1n) is 7.72. The van der Waals surface area contributed by atoms with E-state index in [4.69, 9.17) is 14.2 Å². The third-order valence-corrected chi connectivity index (χ3v) is 4.48. The molecule has 0 saturated carbocycles. The number of aromatic nitrogens is 1. The fraction of sp³-hybridized carbons (Fsp3) is 0.444. The molecule has 0 spiro atoms. The van der Waals surface area contributed by atoms with Gasteiger partial charge in [0.05, 0.1) is 21.3 Å². The fourth-order valence-electron chi connectivity index (χ4n) is 2.98. The highest BCUT2D eigenvalue weighted by atomic mass is 16.5. The van der Waals surface area contributed by atoms with E-state index in [9.17, 15) is 9.59 Å². The summed E-state index contributed by atoms with van der Waals surface area (Å²) in [5.74, 6) is -1.29. The van der Waals surface area contributed by atoms with E-state index in [1.165, 1.54) is 14.2 Å². The molecule has 1 aromatic heterocycles. The molecule has 0 aliphatic rings. The van der Waals surface area contributed by atoms with Crippen LogP contribution in [0.5, 0.6) is 5.75 Å². The maximum atomic E-state index is 11.8. The molecule has 0 bridgehead atoms. The molecule has 2 aromatic rings. The van der Waals surface area contributed by atoms with Gasteiger partial charge in [-0.3, -0.25) is 9.59 Å². The van der Waals surface area contributed by atoms with E-state index in [1.807, 2.05) is 32.2 Å². The van der Waals surface area contributed by atoms with Gasteiger partial charge in [-0.2, -0.15) is 0 Å². The number of carbonyl (C=O) groups is 2. The van der Waals surface area contributed by atoms with Crippen LogP contribution in [-0.2, 0) is 32.5 Å². The van der Waals surface area contributed by atoms with Gasteiger partial charge in [-0.1, -0.05) is 0 Å². The van der Waals surface area contributed by atoms with Crippen molar-refractivity contribution in [2.45, 2.75) is 19.8 Å². The number of aryl methyl sites for hydroxylation is 2. The smallest absolute Gasteiger partial charge is 0.320 e. The van der Waals surface area contributed by atoms with Gasteiger partial charge < -0.3 is 18.8 Å². The maximum Gasteiger partial charge on any atom is 0.320 e. The Balaban J connectivity index is 2.36. The Morgan fingerprint density at radius 1 is 1.12 bits per heavy atom. The summed E-state index contributed by atoms with van der Waals surface area (Å²) < 4.78 is 16.8. The summed E-state index contributed by atoms with van der Waals surface area (Å²) in [4.78, 5) is 23.7. The molecule has 0 amide bonds. The molecule has 0 aliphatic carbocycles. The Labute approximate surface area is 141 Å². The minimum atomic E-state index is -0.916. The van der Waals surface area contributed by atoms with E-state index in [0.717, 1.165) is 27.9 Å². The molecule has 0 atom stereocenters. The van der Waals surface area contributed by atoms with Crippen molar-refractivity contribution in [2.24, 2.45) is 13.0 Å². The molecule has 1 aromatic carbocycles. The van der Waals surface area contributed by atoms with E-state index in [1.54, 1.807) is 7.11 Å². The molecule has 6 nitrogen and oxygen atoms in total. The van der Waals surface area contributed by atoms with Crippen LogP contribution < -0.4 is 4.74 Å². The Hall–Kier alpha value is -2.50. The molecule has 130 valence electrons. The van der Waals surface area contributed by atoms with E-state index in [-0.39, 0.29) is 0 Å². The lowest BCUT2D eigenvalue weighted by atomic mass is 9.97. The van der Waals surface area contributed by atoms with E-state index in [0.29, 0.717) is 12.8 Å². The molecule has 0 aliphatic heterocycles. The van der Waals surface area contributed by atoms with Crippen LogP contribution in [0.25, 0.3) is 10.9 Å². The van der Waals surface area contributed by atoms with Crippen LogP contribution in [0, 0.1) is 12.8 Å². The normalized spacial score (nSPS) is 10.9. The lowest BCUT2D eigenvalue weighted by Crippen LogP contribution is -2.27. The van der Waals surface area contributed by atoms with Gasteiger partial charge in [0.1, 0.15) is 5.75 Å². The van der Waals surface area contributed by atoms with Gasteiger partial charge in [0, 0.05) is 23.6 Å². The summed E-state index contributed by atoms with van der Waals surface area (Å²) in [5, 5.41) is 1.06. The van der Waals surface area contributed by atoms with E-state index >= 15 is 0 Å². The van der Waals surface area contributed by atoms with Crippen LogP contribution in [0.1, 0.15) is 17.7 Å². The van der Waals surface area contributed by atoms with Crippen LogP contribution in [0.2, 0.25) is 0 Å². The average Bonchev–Trinajstić information content (AvgIpc) is 2.85. The predicted molar refractivity (Wildman–Crippen MR) is 90.1 cm³/mol. The zero-order valence-corrected chi connectivity index (χ0v) is 14.7. The maximum absolute atomic E-state index is 11.8. The highest BCUT2D eigenvalue weighted by molar-refractivity contribution is 5.95. The largest absolute Gasteiger partial charge is 0.497 e. The van der Waals surface area contributed by atoms with Gasteiger partial charge in [0.2, 0.25) is 0 Å². The molecule has 0 fully saturated rings. The lowest BCUT2D eigenvalue weighted by Gasteiger charge is -2.12. The number of rotatable bonds is 6. The molecule has 1 heterocycles. The molecule has 6 heteroatoms. The Kier molecular flexibility index (Phi) is 5.49. The predicted octanol–water partition coefficient (Wildman–Crippen LogP) is 2.39. The van der Waals surface area contributed by atoms with Crippen LogP contribution in [0.4, 0.5) is 0 Å². The van der Waals surface area contributed by atoms with Gasteiger partial charge in [-0.15, -0.1) is 0 Å². The molecular formula is C18H23NO5. The summed E-state index contributed by atoms with van der Waals surface area (Å²) in [6.45, 7) is 2.02. The average molecular weight is 333 g/mol. The Bertz CT molecular complexity index is 746. The quantitative estimate of drug-likeness (QED) is 0.600. The number of hydrogen-bond acceptors (Lipinski definition) is 5. The van der Waals surface area contributed by atoms with Crippen molar-refractivity contribution < 1.29 is 23.8 Å². The zero-order valence-electron chi connectivity index (χ0n) is 14.7. The molecule has 0 N–H and O–H groups in total. The number of fused-ring (bicyclic) bond motifs is 1. The first-order chi connectivity index (χ1) is 11.4. The number of methoxy groups -OCH3 is 3. The first kappa shape index (κ1) is 17.8. The van der Waals surface area contributed by atoms with Gasteiger partial charge >= 0.3 is 11.9 Å². The van der Waals surface area contributed by atoms with Crippen LogP contribution in [-0.4, -0.2) is 37.8 Å². The third-order valence-electron chi connectivity index (χ3n) is 4.48. The van der Waals surface area contributed by atoms with Gasteiger partial charge in [0.25, 0.3) is 0 Å². The second kappa shape index (κ2) is 7.38. The second-order valence-electron chi connectivity index (χ2n) is 5.64. The molecule has 0 radical (unpaired) electrons. The Morgan fingerprint density at radius 3 is 2.29 bits per heavy atom. The van der Waals surface area contributed by atoms with Crippen molar-refractivity contribution in [1.29, 1.82) is 0 Å². The molecule has 0 unspecified atom stereocenters. The van der Waals surface area contributed by atoms with Crippen molar-refractivity contribution in [1.82, 2.24) is 4.57 Å². The van der Waals surface area contributed by atoms with E-state index < -0.39 is 17.9 Å². The highest BCUT2D eigenvalue weighted by Gasteiger charge is 2.29. The van der Waals surface area contributed by atoms with Gasteiger partial charge in [0.15, 0.2) is 5.92 Å². The minimum absolute atomic E-state index is 0.330. The number of hydrogen-bond donors (Lipinski definition) is 0. The van der Waals surface area contributed by atoms with Crippen LogP contribution >= 0.6 is 0 Å². The van der Waals surface area contributed by atoms with Crippen LogP contribution in [0.15, 0.2) is 18.2 Å². The van der Waals surface area contributed by atoms with Crippen molar-refractivity contribution in [3.63, 3.8) is 0 Å². The highest BCUT2D eigenvalue weighted by Crippen LogP contribution is 2.30. The summed E-state index contributed by atoms with van der Waals surface area (Å²) in [5.41, 5.74) is 3.26. The number of benzene rings is 1. The number of ether oxygens (including phenoxy) is 3. The summed E-state index contributed by atoms with van der Waals surface area (Å²) in [7, 11) is 6.16. The summed E-state index contributed by atoms with van der Waals surface area (Å²) in [6, 6.07) is 5.89. The zero-order chi connectivity index (χ0) is 17.9. The number of nitrogens with zero attached hydrogens (tertiary/aromatic N) is 1. The summed E-state index contributed by atoms with van der Waals surface area (Å²) in [6.07, 6.45) is 0.891. The monoisotopic (exact) mass is 333 g/mol. The van der Waals surface area contributed by atoms with Crippen molar-refractivity contribution in [3.05, 3.63) is 29.5 Å². The van der Waals surface area contributed by atoms with Crippen LogP contribution in [0.3, 0.4) is 0 Å². The fourth-order valence-corrected chi connectivity index (χ4v) is 2.98. The van der Waals surface area contributed by atoms with Crippen molar-refractivity contribution >= 4 is 22.8 Å². The molecule has 0 saturated heterocycles. The third kappa shape index (κ3) is 3.22. The molecular weight excluding hydrogens is 310 g/mol. The lowest BCUT2D eigenvalue weighted by molar-refractivity contribution is -0.159. The van der Waals surface area contributed by atoms with Gasteiger partial charge in [-0.05, 0) is 43.5 Å². The van der Waals surface area contributed by atoms with Crippen molar-refractivity contribution in [2.75, 3.05) is 21.3 Å². The number of esters is 2.